The molecule has 0 saturated carbocycles. The number of aliphatic hydroxyl groups is 1. The second kappa shape index (κ2) is 5.51. The lowest BCUT2D eigenvalue weighted by Crippen LogP contribution is -2.15. The molecule has 0 saturated heterocycles. The summed E-state index contributed by atoms with van der Waals surface area (Å²) in [6.07, 6.45) is 0.326. The summed E-state index contributed by atoms with van der Waals surface area (Å²) in [5.41, 5.74) is 1.70. The van der Waals surface area contributed by atoms with Gasteiger partial charge in [-0.2, -0.15) is 0 Å². The van der Waals surface area contributed by atoms with Crippen LogP contribution in [0.5, 0.6) is 0 Å². The zero-order valence-corrected chi connectivity index (χ0v) is 9.06. The molecule has 0 amide bonds. The molecular formula is C12H16O3. The molecule has 0 radical (unpaired) electrons. The van der Waals surface area contributed by atoms with Gasteiger partial charge in [0.05, 0.1) is 11.7 Å². The number of carbonyl (C=O) groups excluding carboxylic acids is 1. The van der Waals surface area contributed by atoms with Gasteiger partial charge in [0.2, 0.25) is 0 Å². The summed E-state index contributed by atoms with van der Waals surface area (Å²) >= 11 is 0. The average Bonchev–Trinajstić information content (AvgIpc) is 2.26. The third-order valence-corrected chi connectivity index (χ3v) is 2.05. The second-order valence-electron chi connectivity index (χ2n) is 3.50. The van der Waals surface area contributed by atoms with Gasteiger partial charge in [0.1, 0.15) is 6.61 Å². The Labute approximate surface area is 89.7 Å². The van der Waals surface area contributed by atoms with Gasteiger partial charge >= 0.3 is 5.97 Å². The van der Waals surface area contributed by atoms with Crippen LogP contribution in [-0.2, 0) is 11.2 Å². The van der Waals surface area contributed by atoms with Crippen molar-refractivity contribution >= 4 is 5.97 Å². The number of hydrogen-bond donors (Lipinski definition) is 1. The van der Waals surface area contributed by atoms with Gasteiger partial charge in [-0.1, -0.05) is 19.1 Å². The molecule has 0 aliphatic carbocycles. The molecule has 1 unspecified atom stereocenters. The van der Waals surface area contributed by atoms with E-state index in [1.807, 2.05) is 12.1 Å². The van der Waals surface area contributed by atoms with Gasteiger partial charge in [-0.25, -0.2) is 4.79 Å². The second-order valence-corrected chi connectivity index (χ2v) is 3.50. The average molecular weight is 208 g/mol. The molecule has 1 aromatic rings. The molecule has 1 atom stereocenters. The summed E-state index contributed by atoms with van der Waals surface area (Å²) in [4.78, 5) is 11.4. The number of ether oxygens (including phenoxy) is 1. The van der Waals surface area contributed by atoms with Crippen molar-refractivity contribution in [2.45, 2.75) is 26.4 Å². The monoisotopic (exact) mass is 208 g/mol. The number of aliphatic hydroxyl groups excluding tert-OH is 1. The van der Waals surface area contributed by atoms with Crippen LogP contribution in [0.25, 0.3) is 0 Å². The van der Waals surface area contributed by atoms with Gasteiger partial charge in [0.15, 0.2) is 0 Å². The summed E-state index contributed by atoms with van der Waals surface area (Å²) in [6, 6.07) is 7.28. The number of hydrogen-bond acceptors (Lipinski definition) is 3. The molecule has 3 heteroatoms. The molecule has 1 rings (SSSR count). The SMILES string of the molecule is CCc1ccc(C(=O)OCC(C)O)cc1. The fraction of sp³-hybridized carbons (Fsp3) is 0.417. The fourth-order valence-corrected chi connectivity index (χ4v) is 1.16. The highest BCUT2D eigenvalue weighted by molar-refractivity contribution is 5.89. The van der Waals surface area contributed by atoms with Crippen molar-refractivity contribution in [3.63, 3.8) is 0 Å². The van der Waals surface area contributed by atoms with Gasteiger partial charge in [-0.3, -0.25) is 0 Å². The maximum absolute atomic E-state index is 11.4. The Bertz CT molecular complexity index is 314. The number of rotatable bonds is 4. The Morgan fingerprint density at radius 1 is 1.40 bits per heavy atom. The van der Waals surface area contributed by atoms with E-state index in [1.54, 1.807) is 19.1 Å². The van der Waals surface area contributed by atoms with Crippen molar-refractivity contribution in [2.75, 3.05) is 6.61 Å². The van der Waals surface area contributed by atoms with Crippen molar-refractivity contribution in [3.8, 4) is 0 Å². The number of esters is 1. The minimum absolute atomic E-state index is 0.0361. The summed E-state index contributed by atoms with van der Waals surface area (Å²) in [7, 11) is 0. The highest BCUT2D eigenvalue weighted by Crippen LogP contribution is 2.06. The maximum atomic E-state index is 11.4. The van der Waals surface area contributed by atoms with Gasteiger partial charge in [0.25, 0.3) is 0 Å². The van der Waals surface area contributed by atoms with Gasteiger partial charge in [-0.15, -0.1) is 0 Å². The van der Waals surface area contributed by atoms with Crippen LogP contribution in [0.1, 0.15) is 29.8 Å². The molecule has 0 aliphatic rings. The van der Waals surface area contributed by atoms with E-state index in [2.05, 4.69) is 6.92 Å². The van der Waals surface area contributed by atoms with Crippen LogP contribution in [-0.4, -0.2) is 23.8 Å². The summed E-state index contributed by atoms with van der Waals surface area (Å²) in [6.45, 7) is 3.67. The Hall–Kier alpha value is -1.35. The van der Waals surface area contributed by atoms with Crippen molar-refractivity contribution in [3.05, 3.63) is 35.4 Å². The first kappa shape index (κ1) is 11.7. The standard InChI is InChI=1S/C12H16O3/c1-3-10-4-6-11(7-5-10)12(14)15-8-9(2)13/h4-7,9,13H,3,8H2,1-2H3. The maximum Gasteiger partial charge on any atom is 0.338 e. The van der Waals surface area contributed by atoms with Crippen LogP contribution in [0.4, 0.5) is 0 Å². The van der Waals surface area contributed by atoms with Crippen LogP contribution < -0.4 is 0 Å². The van der Waals surface area contributed by atoms with Crippen LogP contribution in [0.2, 0.25) is 0 Å². The molecule has 0 aromatic heterocycles. The molecule has 82 valence electrons. The van der Waals surface area contributed by atoms with E-state index in [9.17, 15) is 4.79 Å². The number of aryl methyl sites for hydroxylation is 1. The van der Waals surface area contributed by atoms with Crippen molar-refractivity contribution in [2.24, 2.45) is 0 Å². The lowest BCUT2D eigenvalue weighted by atomic mass is 10.1. The number of benzene rings is 1. The largest absolute Gasteiger partial charge is 0.459 e. The molecule has 15 heavy (non-hydrogen) atoms. The molecule has 0 aliphatic heterocycles. The zero-order valence-electron chi connectivity index (χ0n) is 9.06. The lowest BCUT2D eigenvalue weighted by molar-refractivity contribution is 0.0296. The Kier molecular flexibility index (Phi) is 4.31. The minimum Gasteiger partial charge on any atom is -0.459 e. The molecule has 3 nitrogen and oxygen atoms in total. The van der Waals surface area contributed by atoms with Crippen LogP contribution >= 0.6 is 0 Å². The van der Waals surface area contributed by atoms with Gasteiger partial charge in [0, 0.05) is 0 Å². The van der Waals surface area contributed by atoms with E-state index in [0.29, 0.717) is 5.56 Å². The summed E-state index contributed by atoms with van der Waals surface area (Å²) < 4.78 is 4.87. The van der Waals surface area contributed by atoms with Gasteiger partial charge < -0.3 is 9.84 Å². The number of carbonyl (C=O) groups is 1. The molecule has 1 N–H and O–H groups in total. The van der Waals surface area contributed by atoms with Crippen LogP contribution in [0.15, 0.2) is 24.3 Å². The van der Waals surface area contributed by atoms with Gasteiger partial charge in [-0.05, 0) is 31.0 Å². The van der Waals surface area contributed by atoms with E-state index in [0.717, 1.165) is 6.42 Å². The predicted octanol–water partition coefficient (Wildman–Crippen LogP) is 1.79. The van der Waals surface area contributed by atoms with E-state index in [1.165, 1.54) is 5.56 Å². The van der Waals surface area contributed by atoms with E-state index >= 15 is 0 Å². The van der Waals surface area contributed by atoms with E-state index in [4.69, 9.17) is 9.84 Å². The Balaban J connectivity index is 2.58. The molecule has 0 heterocycles. The Morgan fingerprint density at radius 3 is 2.47 bits per heavy atom. The third kappa shape index (κ3) is 3.72. The van der Waals surface area contributed by atoms with E-state index < -0.39 is 12.1 Å². The molecular weight excluding hydrogens is 192 g/mol. The predicted molar refractivity (Wildman–Crippen MR) is 57.8 cm³/mol. The van der Waals surface area contributed by atoms with Crippen LogP contribution in [0, 0.1) is 0 Å². The Morgan fingerprint density at radius 2 is 2.00 bits per heavy atom. The highest BCUT2D eigenvalue weighted by atomic mass is 16.5. The quantitative estimate of drug-likeness (QED) is 0.767. The third-order valence-electron chi connectivity index (χ3n) is 2.05. The molecule has 0 bridgehead atoms. The smallest absolute Gasteiger partial charge is 0.338 e. The van der Waals surface area contributed by atoms with Crippen molar-refractivity contribution in [1.29, 1.82) is 0 Å². The lowest BCUT2D eigenvalue weighted by Gasteiger charge is -2.06. The van der Waals surface area contributed by atoms with Crippen LogP contribution in [0.3, 0.4) is 0 Å². The highest BCUT2D eigenvalue weighted by Gasteiger charge is 2.07. The first-order valence-electron chi connectivity index (χ1n) is 5.07. The topological polar surface area (TPSA) is 46.5 Å². The summed E-state index contributed by atoms with van der Waals surface area (Å²) in [5.74, 6) is -0.390. The fourth-order valence-electron chi connectivity index (χ4n) is 1.16. The summed E-state index contributed by atoms with van der Waals surface area (Å²) in [5, 5.41) is 8.95. The molecule has 0 spiro atoms. The minimum atomic E-state index is -0.621. The normalized spacial score (nSPS) is 12.2. The molecule has 1 aromatic carbocycles. The van der Waals surface area contributed by atoms with Crippen molar-refractivity contribution in [1.82, 2.24) is 0 Å². The zero-order chi connectivity index (χ0) is 11.3. The molecule has 0 fully saturated rings. The van der Waals surface area contributed by atoms with E-state index in [-0.39, 0.29) is 6.61 Å². The first-order valence-corrected chi connectivity index (χ1v) is 5.07. The van der Waals surface area contributed by atoms with Crippen molar-refractivity contribution < 1.29 is 14.6 Å². The first-order chi connectivity index (χ1) is 7.13.